The zero-order chi connectivity index (χ0) is 36.0. The molecule has 12 heteroatoms. The predicted octanol–water partition coefficient (Wildman–Crippen LogP) is 3.73. The van der Waals surface area contributed by atoms with Gasteiger partial charge in [-0.1, -0.05) is 48.5 Å². The van der Waals surface area contributed by atoms with E-state index >= 15 is 0 Å². The zero-order valence-electron chi connectivity index (χ0n) is 27.7. The molecule has 6 rings (SSSR count). The van der Waals surface area contributed by atoms with Crippen molar-refractivity contribution in [3.63, 3.8) is 0 Å². The van der Waals surface area contributed by atoms with Gasteiger partial charge in [-0.25, -0.2) is 0 Å². The number of carbonyl (C=O) groups is 3. The molecule has 0 spiro atoms. The zero-order valence-corrected chi connectivity index (χ0v) is 27.7. The van der Waals surface area contributed by atoms with Crippen molar-refractivity contribution in [2.45, 2.75) is 24.5 Å². The molecular formula is C39H38N4O8. The molecule has 0 saturated carbocycles. The number of pyridine rings is 1. The smallest absolute Gasteiger partial charge is 0.317 e. The Morgan fingerprint density at radius 1 is 0.863 bits per heavy atom. The van der Waals surface area contributed by atoms with Gasteiger partial charge in [-0.2, -0.15) is 0 Å². The monoisotopic (exact) mass is 690 g/mol. The first-order chi connectivity index (χ1) is 24.6. The minimum Gasteiger partial charge on any atom is -0.506 e. The number of aromatic hydroxyl groups is 1. The van der Waals surface area contributed by atoms with Crippen molar-refractivity contribution in [1.82, 2.24) is 20.5 Å². The van der Waals surface area contributed by atoms with Crippen LogP contribution in [0.5, 0.6) is 11.5 Å². The van der Waals surface area contributed by atoms with Crippen LogP contribution in [0.25, 0.3) is 10.9 Å². The maximum absolute atomic E-state index is 13.0. The van der Waals surface area contributed by atoms with E-state index in [1.807, 2.05) is 18.2 Å². The van der Waals surface area contributed by atoms with Gasteiger partial charge < -0.3 is 40.6 Å². The number of carboxylic acid groups (broad SMARTS) is 1. The van der Waals surface area contributed by atoms with Gasteiger partial charge in [-0.3, -0.25) is 19.2 Å². The maximum atomic E-state index is 13.0. The quantitative estimate of drug-likeness (QED) is 0.0947. The summed E-state index contributed by atoms with van der Waals surface area (Å²) in [4.78, 5) is 53.5. The second-order valence-corrected chi connectivity index (χ2v) is 12.5. The first-order valence-electron chi connectivity index (χ1n) is 16.6. The summed E-state index contributed by atoms with van der Waals surface area (Å²) in [7, 11) is 0. The van der Waals surface area contributed by atoms with Crippen LogP contribution in [0.3, 0.4) is 0 Å². The summed E-state index contributed by atoms with van der Waals surface area (Å²) in [6.45, 7) is 1.70. The van der Waals surface area contributed by atoms with Crippen molar-refractivity contribution in [3.8, 4) is 11.5 Å². The SMILES string of the molecule is O=C(NCCCNCC(O)c1ccc(O)c2[nH]c(=O)ccc12)c1ccc(COc2ccc(C(=O)N3CC(C(=O)O)(c4ccccc4)C3)cc2)cc1. The van der Waals surface area contributed by atoms with Crippen LogP contribution < -0.4 is 20.9 Å². The molecule has 1 unspecified atom stereocenters. The molecule has 5 aromatic rings. The minimum absolute atomic E-state index is 0.0663. The fraction of sp³-hybridized carbons (Fsp3) is 0.231. The van der Waals surface area contributed by atoms with Crippen molar-refractivity contribution in [2.75, 3.05) is 32.7 Å². The molecule has 1 aliphatic heterocycles. The van der Waals surface area contributed by atoms with Gasteiger partial charge in [-0.05, 0) is 78.2 Å². The fourth-order valence-corrected chi connectivity index (χ4v) is 6.16. The number of amides is 2. The van der Waals surface area contributed by atoms with E-state index in [0.717, 1.165) is 5.56 Å². The topological polar surface area (TPSA) is 181 Å². The highest BCUT2D eigenvalue weighted by Crippen LogP contribution is 2.36. The Labute approximate surface area is 293 Å². The average Bonchev–Trinajstić information content (AvgIpc) is 3.12. The number of carbonyl (C=O) groups excluding carboxylic acids is 2. The number of nitrogens with one attached hydrogen (secondary N) is 3. The number of aliphatic hydroxyl groups is 1. The van der Waals surface area contributed by atoms with Crippen LogP contribution in [0.4, 0.5) is 0 Å². The van der Waals surface area contributed by atoms with Crippen LogP contribution in [0.15, 0.2) is 108 Å². The number of hydrogen-bond donors (Lipinski definition) is 6. The Balaban J connectivity index is 0.900. The third kappa shape index (κ3) is 7.77. The molecule has 2 heterocycles. The molecule has 12 nitrogen and oxygen atoms in total. The molecule has 51 heavy (non-hydrogen) atoms. The summed E-state index contributed by atoms with van der Waals surface area (Å²) in [6, 6.07) is 28.7. The summed E-state index contributed by atoms with van der Waals surface area (Å²) in [5, 5.41) is 37.2. The number of phenolic OH excluding ortho intramolecular Hbond substituents is 1. The third-order valence-electron chi connectivity index (χ3n) is 9.09. The summed E-state index contributed by atoms with van der Waals surface area (Å²) in [5.41, 5.74) is 1.91. The lowest BCUT2D eigenvalue weighted by Gasteiger charge is -2.47. The Morgan fingerprint density at radius 2 is 1.57 bits per heavy atom. The Hall–Kier alpha value is -5.98. The molecule has 2 amide bonds. The number of H-pyrrole nitrogens is 1. The van der Waals surface area contributed by atoms with Crippen LogP contribution in [0, 0.1) is 0 Å². The Morgan fingerprint density at radius 3 is 2.27 bits per heavy atom. The molecular weight excluding hydrogens is 652 g/mol. The number of aromatic amines is 1. The highest BCUT2D eigenvalue weighted by molar-refractivity contribution is 5.97. The van der Waals surface area contributed by atoms with Gasteiger partial charge in [0.05, 0.1) is 11.6 Å². The molecule has 1 atom stereocenters. The maximum Gasteiger partial charge on any atom is 0.317 e. The van der Waals surface area contributed by atoms with Crippen LogP contribution in [-0.4, -0.2) is 75.7 Å². The molecule has 262 valence electrons. The standard InChI is InChI=1S/C39H38N4O8/c44-32-17-15-30(31-16-18-34(46)42-35(31)32)33(45)21-40-19-4-20-41-36(47)26-9-7-25(8-10-26)22-51-29-13-11-27(12-14-29)37(48)43-23-39(24-43,38(49)50)28-5-2-1-3-6-28/h1-3,5-18,33,40,44-45H,4,19-24H2,(H,41,47)(H,42,46)(H,49,50). The summed E-state index contributed by atoms with van der Waals surface area (Å²) in [5.74, 6) is -0.896. The number of likely N-dealkylation sites (tertiary alicyclic amines) is 1. The van der Waals surface area contributed by atoms with Crippen LogP contribution in [0.2, 0.25) is 0 Å². The van der Waals surface area contributed by atoms with Crippen LogP contribution >= 0.6 is 0 Å². The highest BCUT2D eigenvalue weighted by Gasteiger charge is 2.52. The first kappa shape index (κ1) is 34.9. The number of aromatic nitrogens is 1. The lowest BCUT2D eigenvalue weighted by molar-refractivity contribution is -0.149. The molecule has 1 fully saturated rings. The lowest BCUT2D eigenvalue weighted by Crippen LogP contribution is -2.65. The number of aliphatic hydroxyl groups excluding tert-OH is 1. The van der Waals surface area contributed by atoms with E-state index in [2.05, 4.69) is 15.6 Å². The van der Waals surface area contributed by atoms with E-state index in [1.165, 1.54) is 17.0 Å². The third-order valence-corrected chi connectivity index (χ3v) is 9.09. The van der Waals surface area contributed by atoms with Gasteiger partial charge in [-0.15, -0.1) is 0 Å². The van der Waals surface area contributed by atoms with E-state index in [4.69, 9.17) is 4.74 Å². The van der Waals surface area contributed by atoms with E-state index in [9.17, 15) is 34.5 Å². The summed E-state index contributed by atoms with van der Waals surface area (Å²) in [6.07, 6.45) is -0.230. The van der Waals surface area contributed by atoms with Crippen molar-refractivity contribution < 1.29 is 34.4 Å². The van der Waals surface area contributed by atoms with Crippen LogP contribution in [-0.2, 0) is 16.8 Å². The number of benzene rings is 4. The molecule has 1 aliphatic rings. The van der Waals surface area contributed by atoms with Crippen molar-refractivity contribution in [1.29, 1.82) is 0 Å². The number of nitrogens with zero attached hydrogens (tertiary/aromatic N) is 1. The first-order valence-corrected chi connectivity index (χ1v) is 16.6. The molecule has 0 radical (unpaired) electrons. The fourth-order valence-electron chi connectivity index (χ4n) is 6.16. The van der Waals surface area contributed by atoms with Gasteiger partial charge in [0.2, 0.25) is 5.56 Å². The molecule has 0 bridgehead atoms. The number of ether oxygens (including phenoxy) is 1. The Kier molecular flexibility index (Phi) is 10.4. The van der Waals surface area contributed by atoms with Crippen LogP contribution in [0.1, 0.15) is 49.9 Å². The number of rotatable bonds is 14. The number of hydrogen-bond acceptors (Lipinski definition) is 8. The van der Waals surface area contributed by atoms with E-state index in [0.29, 0.717) is 52.9 Å². The number of aliphatic carboxylic acids is 1. The molecule has 1 aromatic heterocycles. The normalized spacial score (nSPS) is 14.0. The van der Waals surface area contributed by atoms with Gasteiger partial charge in [0.15, 0.2) is 0 Å². The van der Waals surface area contributed by atoms with E-state index in [-0.39, 0.29) is 54.9 Å². The van der Waals surface area contributed by atoms with Crippen molar-refractivity contribution in [3.05, 3.63) is 141 Å². The summed E-state index contributed by atoms with van der Waals surface area (Å²) < 4.78 is 5.88. The second-order valence-electron chi connectivity index (χ2n) is 12.5. The van der Waals surface area contributed by atoms with Crippen molar-refractivity contribution in [2.24, 2.45) is 0 Å². The van der Waals surface area contributed by atoms with Gasteiger partial charge in [0.25, 0.3) is 11.8 Å². The Bertz CT molecular complexity index is 2080. The minimum atomic E-state index is -1.10. The number of phenols is 1. The predicted molar refractivity (Wildman–Crippen MR) is 190 cm³/mol. The van der Waals surface area contributed by atoms with E-state index < -0.39 is 17.5 Å². The number of fused-ring (bicyclic) bond motifs is 1. The number of carboxylic acids is 1. The summed E-state index contributed by atoms with van der Waals surface area (Å²) >= 11 is 0. The second kappa shape index (κ2) is 15.3. The van der Waals surface area contributed by atoms with Gasteiger partial charge in [0.1, 0.15) is 23.5 Å². The highest BCUT2D eigenvalue weighted by atomic mass is 16.5. The molecule has 1 saturated heterocycles. The van der Waals surface area contributed by atoms with Crippen molar-refractivity contribution >= 4 is 28.7 Å². The molecule has 4 aromatic carbocycles. The van der Waals surface area contributed by atoms with E-state index in [1.54, 1.807) is 72.8 Å². The lowest BCUT2D eigenvalue weighted by atomic mass is 9.73. The largest absolute Gasteiger partial charge is 0.506 e. The van der Waals surface area contributed by atoms with Gasteiger partial charge in [0, 0.05) is 48.8 Å². The average molecular weight is 691 g/mol. The molecule has 6 N–H and O–H groups in total. The molecule has 0 aliphatic carbocycles. The van der Waals surface area contributed by atoms with Gasteiger partial charge >= 0.3 is 5.97 Å².